The van der Waals surface area contributed by atoms with Gasteiger partial charge in [-0.1, -0.05) is 50.5 Å². The maximum absolute atomic E-state index is 3.96. The zero-order valence-corrected chi connectivity index (χ0v) is 9.26. The normalized spacial score (nSPS) is 10.4. The van der Waals surface area contributed by atoms with Gasteiger partial charge in [0.25, 0.3) is 0 Å². The van der Waals surface area contributed by atoms with Crippen molar-refractivity contribution in [3.05, 3.63) is 42.3 Å². The van der Waals surface area contributed by atoms with E-state index in [1.165, 1.54) is 43.2 Å². The van der Waals surface area contributed by atoms with Crippen LogP contribution in [-0.2, 0) is 12.8 Å². The number of unbranched alkanes of at least 4 members (excludes halogenated alkanes) is 3. The molecule has 1 aromatic rings. The molecule has 0 heteroatoms. The molecule has 0 amide bonds. The highest BCUT2D eigenvalue weighted by Crippen LogP contribution is 2.13. The Morgan fingerprint density at radius 2 is 1.71 bits per heavy atom. The fourth-order valence-corrected chi connectivity index (χ4v) is 1.79. The van der Waals surface area contributed by atoms with E-state index in [4.69, 9.17) is 0 Å². The van der Waals surface area contributed by atoms with Gasteiger partial charge >= 0.3 is 0 Å². The van der Waals surface area contributed by atoms with Crippen LogP contribution in [0.3, 0.4) is 0 Å². The average Bonchev–Trinajstić information content (AvgIpc) is 2.25. The molecule has 0 spiro atoms. The lowest BCUT2D eigenvalue weighted by molar-refractivity contribution is 0.665. The minimum Gasteiger partial charge on any atom is -0.0654 e. The number of aryl methyl sites for hydroxylation is 1. The lowest BCUT2D eigenvalue weighted by Gasteiger charge is -2.06. The molecule has 0 aliphatic carbocycles. The van der Waals surface area contributed by atoms with Gasteiger partial charge < -0.3 is 0 Å². The Balaban J connectivity index is 2.41. The zero-order valence-electron chi connectivity index (χ0n) is 9.26. The second-order valence-corrected chi connectivity index (χ2v) is 3.83. The number of hydrogen-bond donors (Lipinski definition) is 0. The van der Waals surface area contributed by atoms with Crippen molar-refractivity contribution in [2.75, 3.05) is 0 Å². The SMILES string of the molecule is [CH2]Cc1ccccc1CCCCCC. The molecule has 0 fully saturated rings. The number of benzene rings is 1. The summed E-state index contributed by atoms with van der Waals surface area (Å²) in [6, 6.07) is 8.68. The molecule has 0 bridgehead atoms. The fourth-order valence-electron chi connectivity index (χ4n) is 1.79. The third-order valence-corrected chi connectivity index (χ3v) is 2.69. The third kappa shape index (κ3) is 3.53. The van der Waals surface area contributed by atoms with Crippen LogP contribution in [-0.4, -0.2) is 0 Å². The van der Waals surface area contributed by atoms with Crippen LogP contribution < -0.4 is 0 Å². The maximum Gasteiger partial charge on any atom is -0.0276 e. The first-order valence-electron chi connectivity index (χ1n) is 5.74. The highest BCUT2D eigenvalue weighted by atomic mass is 14.0. The highest BCUT2D eigenvalue weighted by Gasteiger charge is 1.98. The largest absolute Gasteiger partial charge is 0.0654 e. The van der Waals surface area contributed by atoms with Crippen LogP contribution in [0.5, 0.6) is 0 Å². The second kappa shape index (κ2) is 6.64. The monoisotopic (exact) mass is 189 g/mol. The Bertz CT molecular complexity index is 250. The molecule has 0 aromatic heterocycles. The summed E-state index contributed by atoms with van der Waals surface area (Å²) in [5, 5.41) is 0. The first kappa shape index (κ1) is 11.3. The summed E-state index contributed by atoms with van der Waals surface area (Å²) >= 11 is 0. The summed E-state index contributed by atoms with van der Waals surface area (Å²) in [7, 11) is 0. The summed E-state index contributed by atoms with van der Waals surface area (Å²) in [6.45, 7) is 6.21. The molecule has 0 saturated heterocycles. The summed E-state index contributed by atoms with van der Waals surface area (Å²) in [6.07, 6.45) is 7.52. The van der Waals surface area contributed by atoms with Gasteiger partial charge in [0.15, 0.2) is 0 Å². The van der Waals surface area contributed by atoms with Gasteiger partial charge in [-0.2, -0.15) is 0 Å². The van der Waals surface area contributed by atoms with Crippen molar-refractivity contribution in [3.63, 3.8) is 0 Å². The summed E-state index contributed by atoms with van der Waals surface area (Å²) in [5.74, 6) is 0. The first-order chi connectivity index (χ1) is 6.88. The molecular weight excluding hydrogens is 168 g/mol. The minimum absolute atomic E-state index is 0.921. The number of rotatable bonds is 6. The molecule has 1 aromatic carbocycles. The summed E-state index contributed by atoms with van der Waals surface area (Å²) < 4.78 is 0. The molecule has 14 heavy (non-hydrogen) atoms. The topological polar surface area (TPSA) is 0 Å². The molecule has 0 aliphatic rings. The van der Waals surface area contributed by atoms with Crippen molar-refractivity contribution in [2.24, 2.45) is 0 Å². The van der Waals surface area contributed by atoms with Crippen LogP contribution in [0.1, 0.15) is 43.7 Å². The van der Waals surface area contributed by atoms with Crippen LogP contribution in [0.15, 0.2) is 24.3 Å². The van der Waals surface area contributed by atoms with Crippen molar-refractivity contribution in [2.45, 2.75) is 45.4 Å². The Morgan fingerprint density at radius 1 is 1.00 bits per heavy atom. The molecule has 0 atom stereocenters. The van der Waals surface area contributed by atoms with E-state index in [1.54, 1.807) is 0 Å². The Kier molecular flexibility index (Phi) is 5.36. The Morgan fingerprint density at radius 3 is 2.36 bits per heavy atom. The van der Waals surface area contributed by atoms with Gasteiger partial charge in [-0.25, -0.2) is 0 Å². The van der Waals surface area contributed by atoms with Crippen molar-refractivity contribution in [1.82, 2.24) is 0 Å². The smallest absolute Gasteiger partial charge is 0.0276 e. The van der Waals surface area contributed by atoms with Gasteiger partial charge in [0.2, 0.25) is 0 Å². The highest BCUT2D eigenvalue weighted by molar-refractivity contribution is 5.27. The van der Waals surface area contributed by atoms with Crippen LogP contribution in [0, 0.1) is 6.92 Å². The standard InChI is InChI=1S/C14H21/c1-3-5-6-7-11-14-12-9-8-10-13(14)4-2/h8-10,12H,2-7,11H2,1H3. The van der Waals surface area contributed by atoms with Crippen molar-refractivity contribution in [1.29, 1.82) is 0 Å². The van der Waals surface area contributed by atoms with E-state index >= 15 is 0 Å². The molecule has 0 heterocycles. The molecule has 0 aliphatic heterocycles. The van der Waals surface area contributed by atoms with Crippen LogP contribution >= 0.6 is 0 Å². The van der Waals surface area contributed by atoms with Crippen LogP contribution in [0.4, 0.5) is 0 Å². The van der Waals surface area contributed by atoms with Gasteiger partial charge in [0.05, 0.1) is 0 Å². The lowest BCUT2D eigenvalue weighted by atomic mass is 9.99. The van der Waals surface area contributed by atoms with E-state index in [1.807, 2.05) is 0 Å². The van der Waals surface area contributed by atoms with E-state index in [2.05, 4.69) is 38.1 Å². The number of hydrogen-bond acceptors (Lipinski definition) is 0. The second-order valence-electron chi connectivity index (χ2n) is 3.83. The quantitative estimate of drug-likeness (QED) is 0.589. The molecule has 77 valence electrons. The van der Waals surface area contributed by atoms with Crippen LogP contribution in [0.2, 0.25) is 0 Å². The van der Waals surface area contributed by atoms with E-state index in [-0.39, 0.29) is 0 Å². The molecule has 0 unspecified atom stereocenters. The summed E-state index contributed by atoms with van der Waals surface area (Å²) in [5.41, 5.74) is 2.92. The lowest BCUT2D eigenvalue weighted by Crippen LogP contribution is -1.92. The van der Waals surface area contributed by atoms with Gasteiger partial charge in [0.1, 0.15) is 0 Å². The predicted octanol–water partition coefficient (Wildman–Crippen LogP) is 4.19. The molecule has 0 N–H and O–H groups in total. The maximum atomic E-state index is 3.96. The molecule has 0 saturated carbocycles. The van der Waals surface area contributed by atoms with E-state index < -0.39 is 0 Å². The first-order valence-corrected chi connectivity index (χ1v) is 5.74. The Labute approximate surface area is 88.4 Å². The molecule has 1 rings (SSSR count). The molecular formula is C14H21. The Hall–Kier alpha value is -0.780. The van der Waals surface area contributed by atoms with Crippen molar-refractivity contribution < 1.29 is 0 Å². The summed E-state index contributed by atoms with van der Waals surface area (Å²) in [4.78, 5) is 0. The minimum atomic E-state index is 0.921. The molecule has 0 nitrogen and oxygen atoms in total. The van der Waals surface area contributed by atoms with Gasteiger partial charge in [-0.05, 0) is 37.3 Å². The van der Waals surface area contributed by atoms with E-state index in [9.17, 15) is 0 Å². The average molecular weight is 189 g/mol. The van der Waals surface area contributed by atoms with Gasteiger partial charge in [0, 0.05) is 0 Å². The zero-order chi connectivity index (χ0) is 10.2. The van der Waals surface area contributed by atoms with Gasteiger partial charge in [-0.15, -0.1) is 0 Å². The van der Waals surface area contributed by atoms with Crippen LogP contribution in [0.25, 0.3) is 0 Å². The predicted molar refractivity (Wildman–Crippen MR) is 63.3 cm³/mol. The fraction of sp³-hybridized carbons (Fsp3) is 0.500. The van der Waals surface area contributed by atoms with Crippen molar-refractivity contribution >= 4 is 0 Å². The third-order valence-electron chi connectivity index (χ3n) is 2.69. The van der Waals surface area contributed by atoms with Gasteiger partial charge in [-0.3, -0.25) is 0 Å². The molecule has 1 radical (unpaired) electrons. The van der Waals surface area contributed by atoms with E-state index in [0.29, 0.717) is 0 Å². The van der Waals surface area contributed by atoms with E-state index in [0.717, 1.165) is 6.42 Å². The van der Waals surface area contributed by atoms with Crippen molar-refractivity contribution in [3.8, 4) is 0 Å².